The van der Waals surface area contributed by atoms with E-state index in [9.17, 15) is 14.7 Å². The summed E-state index contributed by atoms with van der Waals surface area (Å²) in [6, 6.07) is 4.91. The standard InChI is InChI=1S/C19H21ClFN3O3.Li/c1-3-14(24-10(2)8-16(25)26)12-5-6-13(20)17(18(12)21)19(27)11-4-7-15(22)23-9-11;/h4-7,9-10,14,24H,3,8H2,1-2H3,(H2,22,23)(H,25,26);/q;+1/p-1/t10?,14-;/m1./s1. The molecule has 0 aliphatic carbocycles. The van der Waals surface area contributed by atoms with Gasteiger partial charge < -0.3 is 21.0 Å². The van der Waals surface area contributed by atoms with Crippen LogP contribution in [-0.4, -0.2) is 22.8 Å². The number of carboxylic acid groups (broad SMARTS) is 1. The number of ketones is 1. The van der Waals surface area contributed by atoms with Crippen molar-refractivity contribution in [2.45, 2.75) is 38.8 Å². The first-order valence-corrected chi connectivity index (χ1v) is 8.82. The number of nitrogen functional groups attached to an aromatic ring is 1. The Bertz CT molecular complexity index is 849. The van der Waals surface area contributed by atoms with Crippen LogP contribution in [0.15, 0.2) is 30.5 Å². The van der Waals surface area contributed by atoms with E-state index in [-0.39, 0.29) is 52.8 Å². The Hall–Kier alpha value is -1.91. The van der Waals surface area contributed by atoms with Gasteiger partial charge in [-0.15, -0.1) is 0 Å². The first kappa shape index (κ1) is 24.1. The molecular formula is C19H20ClFLiN3O3. The molecule has 0 radical (unpaired) electrons. The molecule has 2 aromatic rings. The summed E-state index contributed by atoms with van der Waals surface area (Å²) in [5.41, 5.74) is 5.65. The second-order valence-electron chi connectivity index (χ2n) is 6.23. The van der Waals surface area contributed by atoms with Gasteiger partial charge >= 0.3 is 18.9 Å². The first-order valence-electron chi connectivity index (χ1n) is 8.44. The van der Waals surface area contributed by atoms with Crippen LogP contribution >= 0.6 is 11.6 Å². The Morgan fingerprint density at radius 2 is 2.00 bits per heavy atom. The number of nitrogens with one attached hydrogen (secondary N) is 1. The van der Waals surface area contributed by atoms with Crippen molar-refractivity contribution in [3.8, 4) is 0 Å². The Morgan fingerprint density at radius 1 is 1.32 bits per heavy atom. The quantitative estimate of drug-likeness (QED) is 0.447. The van der Waals surface area contributed by atoms with Gasteiger partial charge in [-0.2, -0.15) is 0 Å². The SMILES string of the molecule is CC[C@@H](NC(C)CC(=O)[O-])c1ccc(Cl)c(C(=O)c2ccc(N)nc2)c1F.[Li+]. The fourth-order valence-corrected chi connectivity index (χ4v) is 3.04. The van der Waals surface area contributed by atoms with Crippen LogP contribution in [0.25, 0.3) is 0 Å². The fourth-order valence-electron chi connectivity index (χ4n) is 2.81. The Kier molecular flexibility index (Phi) is 9.12. The molecule has 28 heavy (non-hydrogen) atoms. The van der Waals surface area contributed by atoms with Gasteiger partial charge in [-0.25, -0.2) is 9.37 Å². The smallest absolute Gasteiger partial charge is 0.550 e. The van der Waals surface area contributed by atoms with Crippen molar-refractivity contribution in [2.24, 2.45) is 0 Å². The molecule has 0 bridgehead atoms. The second-order valence-corrected chi connectivity index (χ2v) is 6.64. The number of aromatic nitrogens is 1. The molecule has 1 heterocycles. The molecule has 2 rings (SSSR count). The van der Waals surface area contributed by atoms with E-state index >= 15 is 4.39 Å². The predicted octanol–water partition coefficient (Wildman–Crippen LogP) is -0.739. The molecule has 1 aromatic carbocycles. The van der Waals surface area contributed by atoms with Crippen LogP contribution in [0.5, 0.6) is 0 Å². The third kappa shape index (κ3) is 5.79. The largest absolute Gasteiger partial charge is 1.00 e. The number of benzene rings is 1. The van der Waals surface area contributed by atoms with Gasteiger partial charge in [-0.05, 0) is 31.5 Å². The molecule has 2 atom stereocenters. The number of anilines is 1. The third-order valence-electron chi connectivity index (χ3n) is 4.14. The number of hydrogen-bond acceptors (Lipinski definition) is 6. The zero-order chi connectivity index (χ0) is 20.1. The number of rotatable bonds is 8. The summed E-state index contributed by atoms with van der Waals surface area (Å²) in [6.45, 7) is 3.49. The molecule has 0 saturated carbocycles. The average Bonchev–Trinajstić information content (AvgIpc) is 2.60. The van der Waals surface area contributed by atoms with Crippen LogP contribution in [0.3, 0.4) is 0 Å². The Morgan fingerprint density at radius 3 is 2.54 bits per heavy atom. The number of nitrogens with two attached hydrogens (primary N) is 1. The molecule has 0 saturated heterocycles. The molecule has 1 unspecified atom stereocenters. The van der Waals surface area contributed by atoms with Gasteiger partial charge in [0, 0.05) is 41.8 Å². The predicted molar refractivity (Wildman–Crippen MR) is 98.7 cm³/mol. The van der Waals surface area contributed by atoms with Crippen LogP contribution in [-0.2, 0) is 4.79 Å². The number of nitrogens with zero attached hydrogens (tertiary/aromatic N) is 1. The van der Waals surface area contributed by atoms with Crippen molar-refractivity contribution in [3.63, 3.8) is 0 Å². The molecule has 144 valence electrons. The minimum absolute atomic E-state index is 0. The molecule has 0 aliphatic heterocycles. The van der Waals surface area contributed by atoms with Crippen LogP contribution in [0.1, 0.15) is 54.2 Å². The maximum Gasteiger partial charge on any atom is 1.00 e. The van der Waals surface area contributed by atoms with Crippen LogP contribution in [0.2, 0.25) is 5.02 Å². The Balaban J connectivity index is 0.00000392. The number of carboxylic acids is 1. The normalized spacial score (nSPS) is 12.7. The van der Waals surface area contributed by atoms with Crippen LogP contribution in [0, 0.1) is 5.82 Å². The van der Waals surface area contributed by atoms with E-state index in [2.05, 4.69) is 10.3 Å². The van der Waals surface area contributed by atoms with Gasteiger partial charge in [0.15, 0.2) is 5.78 Å². The van der Waals surface area contributed by atoms with Gasteiger partial charge in [-0.1, -0.05) is 24.6 Å². The van der Waals surface area contributed by atoms with E-state index in [0.717, 1.165) is 0 Å². The summed E-state index contributed by atoms with van der Waals surface area (Å²) in [4.78, 5) is 27.3. The minimum atomic E-state index is -1.20. The molecule has 0 fully saturated rings. The van der Waals surface area contributed by atoms with Crippen molar-refractivity contribution >= 4 is 29.2 Å². The Labute approximate surface area is 179 Å². The van der Waals surface area contributed by atoms with Crippen molar-refractivity contribution in [1.29, 1.82) is 0 Å². The van der Waals surface area contributed by atoms with Crippen LogP contribution in [0.4, 0.5) is 10.2 Å². The summed E-state index contributed by atoms with van der Waals surface area (Å²) in [7, 11) is 0. The van der Waals surface area contributed by atoms with Gasteiger partial charge in [-0.3, -0.25) is 4.79 Å². The summed E-state index contributed by atoms with van der Waals surface area (Å²) >= 11 is 6.09. The molecule has 0 spiro atoms. The zero-order valence-corrected chi connectivity index (χ0v) is 16.7. The third-order valence-corrected chi connectivity index (χ3v) is 4.45. The van der Waals surface area contributed by atoms with Crippen molar-refractivity contribution in [1.82, 2.24) is 10.3 Å². The van der Waals surface area contributed by atoms with E-state index in [1.54, 1.807) is 6.92 Å². The average molecular weight is 400 g/mol. The van der Waals surface area contributed by atoms with E-state index < -0.39 is 29.7 Å². The number of hydrogen-bond donors (Lipinski definition) is 2. The second kappa shape index (κ2) is 10.6. The van der Waals surface area contributed by atoms with E-state index in [0.29, 0.717) is 6.42 Å². The van der Waals surface area contributed by atoms with E-state index in [1.807, 2.05) is 6.92 Å². The topological polar surface area (TPSA) is 108 Å². The van der Waals surface area contributed by atoms with Gasteiger partial charge in [0.25, 0.3) is 0 Å². The maximum atomic E-state index is 15.2. The molecule has 0 aliphatic rings. The van der Waals surface area contributed by atoms with Crippen molar-refractivity contribution < 1.29 is 37.9 Å². The van der Waals surface area contributed by atoms with E-state index in [1.165, 1.54) is 30.5 Å². The fraction of sp³-hybridized carbons (Fsp3) is 0.316. The van der Waals surface area contributed by atoms with Crippen molar-refractivity contribution in [2.75, 3.05) is 5.73 Å². The van der Waals surface area contributed by atoms with Gasteiger partial charge in [0.1, 0.15) is 11.6 Å². The monoisotopic (exact) mass is 399 g/mol. The summed E-state index contributed by atoms with van der Waals surface area (Å²) < 4.78 is 15.2. The zero-order valence-electron chi connectivity index (χ0n) is 16.0. The molecule has 6 nitrogen and oxygen atoms in total. The first-order chi connectivity index (χ1) is 12.7. The molecule has 1 aromatic heterocycles. The summed E-state index contributed by atoms with van der Waals surface area (Å²) in [6.07, 6.45) is 1.53. The number of halogens is 2. The minimum Gasteiger partial charge on any atom is -0.550 e. The van der Waals surface area contributed by atoms with Crippen molar-refractivity contribution in [3.05, 3.63) is 58.0 Å². The molecular weight excluding hydrogens is 380 g/mol. The van der Waals surface area contributed by atoms with Gasteiger partial charge in [0.05, 0.1) is 10.6 Å². The van der Waals surface area contributed by atoms with Gasteiger partial charge in [0.2, 0.25) is 0 Å². The number of carbonyl (C=O) groups excluding carboxylic acids is 2. The maximum absolute atomic E-state index is 15.2. The number of pyridine rings is 1. The molecule has 3 N–H and O–H groups in total. The number of aliphatic carboxylic acids is 1. The van der Waals surface area contributed by atoms with Crippen LogP contribution < -0.4 is 35.0 Å². The molecule has 0 amide bonds. The summed E-state index contributed by atoms with van der Waals surface area (Å²) in [5, 5.41) is 13.8. The van der Waals surface area contributed by atoms with E-state index in [4.69, 9.17) is 17.3 Å². The molecule has 9 heteroatoms. The summed E-state index contributed by atoms with van der Waals surface area (Å²) in [5.74, 6) is -2.31. The number of carbonyl (C=O) groups is 2.